The molecule has 4 rings (SSSR count). The molecule has 3 aromatic carbocycles. The number of ether oxygens (including phenoxy) is 1. The van der Waals surface area contributed by atoms with Crippen molar-refractivity contribution in [3.63, 3.8) is 0 Å². The molecule has 0 saturated heterocycles. The fourth-order valence-electron chi connectivity index (χ4n) is 3.43. The second-order valence-corrected chi connectivity index (χ2v) is 7.58. The molecule has 0 radical (unpaired) electrons. The molecule has 1 aromatic heterocycles. The molecule has 7 nitrogen and oxygen atoms in total. The van der Waals surface area contributed by atoms with Crippen LogP contribution in [0.25, 0.3) is 11.6 Å². The van der Waals surface area contributed by atoms with Crippen molar-refractivity contribution in [2.45, 2.75) is 6.54 Å². The Kier molecular flexibility index (Phi) is 7.60. The minimum atomic E-state index is -0.357. The molecule has 0 unspecified atom stereocenters. The second-order valence-electron chi connectivity index (χ2n) is 7.58. The fraction of sp³-hybridized carbons (Fsp3) is 0.0714. The topological polar surface area (TPSA) is 92.6 Å². The van der Waals surface area contributed by atoms with Gasteiger partial charge < -0.3 is 25.1 Å². The molecule has 0 fully saturated rings. The summed E-state index contributed by atoms with van der Waals surface area (Å²) in [6.07, 6.45) is 3.36. The number of methoxy groups -OCH3 is 1. The minimum Gasteiger partial charge on any atom is -0.496 e. The van der Waals surface area contributed by atoms with Crippen molar-refractivity contribution < 1.29 is 18.7 Å². The van der Waals surface area contributed by atoms with Crippen molar-refractivity contribution in [2.24, 2.45) is 0 Å². The number of hydrogen-bond donors (Lipinski definition) is 3. The quantitative estimate of drug-likeness (QED) is 0.226. The van der Waals surface area contributed by atoms with Crippen LogP contribution >= 0.6 is 0 Å². The van der Waals surface area contributed by atoms with E-state index in [4.69, 9.17) is 9.15 Å². The third-order valence-electron chi connectivity index (χ3n) is 5.17. The lowest BCUT2D eigenvalue weighted by Crippen LogP contribution is -2.27. The first-order valence-electron chi connectivity index (χ1n) is 11.0. The Balaban J connectivity index is 1.46. The molecule has 35 heavy (non-hydrogen) atoms. The molecule has 4 aromatic rings. The van der Waals surface area contributed by atoms with Gasteiger partial charge in [-0.25, -0.2) is 4.79 Å². The van der Waals surface area contributed by atoms with Crippen molar-refractivity contribution in [2.75, 3.05) is 17.7 Å². The van der Waals surface area contributed by atoms with Crippen LogP contribution in [0.5, 0.6) is 5.75 Å². The van der Waals surface area contributed by atoms with Gasteiger partial charge in [-0.2, -0.15) is 0 Å². The molecule has 176 valence electrons. The number of carbonyl (C=O) groups excluding carboxylic acids is 2. The molecular weight excluding hydrogens is 442 g/mol. The number of hydrogen-bond acceptors (Lipinski definition) is 4. The monoisotopic (exact) mass is 467 g/mol. The highest BCUT2D eigenvalue weighted by Crippen LogP contribution is 2.26. The average molecular weight is 468 g/mol. The van der Waals surface area contributed by atoms with Crippen molar-refractivity contribution in [1.82, 2.24) is 5.32 Å². The van der Waals surface area contributed by atoms with Crippen LogP contribution in [-0.4, -0.2) is 19.0 Å². The van der Waals surface area contributed by atoms with Gasteiger partial charge in [0.05, 0.1) is 19.9 Å². The van der Waals surface area contributed by atoms with E-state index in [0.717, 1.165) is 11.1 Å². The summed E-state index contributed by atoms with van der Waals surface area (Å²) in [7, 11) is 1.60. The summed E-state index contributed by atoms with van der Waals surface area (Å²) in [6.45, 7) is 0.285. The van der Waals surface area contributed by atoms with Crippen LogP contribution in [0, 0.1) is 0 Å². The Bertz CT molecular complexity index is 1300. The molecule has 0 bridgehead atoms. The van der Waals surface area contributed by atoms with E-state index in [1.165, 1.54) is 0 Å². The van der Waals surface area contributed by atoms with Gasteiger partial charge in [-0.3, -0.25) is 4.79 Å². The van der Waals surface area contributed by atoms with Crippen molar-refractivity contribution in [3.8, 4) is 5.75 Å². The zero-order valence-corrected chi connectivity index (χ0v) is 19.2. The van der Waals surface area contributed by atoms with E-state index in [0.29, 0.717) is 28.5 Å². The van der Waals surface area contributed by atoms with Crippen LogP contribution in [0.15, 0.2) is 102 Å². The summed E-state index contributed by atoms with van der Waals surface area (Å²) in [6, 6.07) is 27.0. The molecule has 0 atom stereocenters. The van der Waals surface area contributed by atoms with Gasteiger partial charge in [-0.15, -0.1) is 0 Å². The SMILES string of the molecule is COc1ccccc1/C=C(/C(=O)Nc1ccc(NC(=O)NCc2ccco2)cc1)c1ccccc1. The minimum absolute atomic E-state index is 0.265. The summed E-state index contributed by atoms with van der Waals surface area (Å²) in [4.78, 5) is 25.4. The fourth-order valence-corrected chi connectivity index (χ4v) is 3.43. The van der Waals surface area contributed by atoms with Gasteiger partial charge in [-0.05, 0) is 54.1 Å². The van der Waals surface area contributed by atoms with E-state index in [-0.39, 0.29) is 18.5 Å². The Hall–Kier alpha value is -4.78. The Morgan fingerprint density at radius 2 is 1.51 bits per heavy atom. The highest BCUT2D eigenvalue weighted by molar-refractivity contribution is 6.29. The number of nitrogens with one attached hydrogen (secondary N) is 3. The summed E-state index contributed by atoms with van der Waals surface area (Å²) >= 11 is 0. The van der Waals surface area contributed by atoms with E-state index in [2.05, 4.69) is 16.0 Å². The summed E-state index contributed by atoms with van der Waals surface area (Å²) < 4.78 is 10.6. The van der Waals surface area contributed by atoms with Gasteiger partial charge in [-0.1, -0.05) is 48.5 Å². The molecule has 3 amide bonds. The first-order chi connectivity index (χ1) is 17.1. The normalized spacial score (nSPS) is 10.9. The number of furan rings is 1. The maximum atomic E-state index is 13.3. The number of carbonyl (C=O) groups is 2. The molecule has 7 heteroatoms. The molecule has 1 heterocycles. The largest absolute Gasteiger partial charge is 0.496 e. The van der Waals surface area contributed by atoms with E-state index < -0.39 is 0 Å². The maximum Gasteiger partial charge on any atom is 0.319 e. The van der Waals surface area contributed by atoms with Gasteiger partial charge in [0, 0.05) is 22.5 Å². The van der Waals surface area contributed by atoms with Crippen LogP contribution in [0.2, 0.25) is 0 Å². The lowest BCUT2D eigenvalue weighted by atomic mass is 10.0. The molecule has 0 aliphatic carbocycles. The summed E-state index contributed by atoms with van der Waals surface area (Å²) in [5.41, 5.74) is 3.26. The van der Waals surface area contributed by atoms with Crippen molar-refractivity contribution >= 4 is 35.0 Å². The zero-order valence-electron chi connectivity index (χ0n) is 19.2. The van der Waals surface area contributed by atoms with Crippen LogP contribution in [-0.2, 0) is 11.3 Å². The van der Waals surface area contributed by atoms with Crippen LogP contribution in [0.3, 0.4) is 0 Å². The van der Waals surface area contributed by atoms with Gasteiger partial charge >= 0.3 is 6.03 Å². The third kappa shape index (κ3) is 6.39. The van der Waals surface area contributed by atoms with Gasteiger partial charge in [0.25, 0.3) is 5.91 Å². The Morgan fingerprint density at radius 1 is 0.829 bits per heavy atom. The van der Waals surface area contributed by atoms with Gasteiger partial charge in [0.1, 0.15) is 11.5 Å². The number of amides is 3. The Morgan fingerprint density at radius 3 is 2.20 bits per heavy atom. The standard InChI is InChI=1S/C28H25N3O4/c1-34-26-12-6-5-10-21(26)18-25(20-8-3-2-4-9-20)27(32)30-22-13-15-23(16-14-22)31-28(33)29-19-24-11-7-17-35-24/h2-18H,19H2,1H3,(H,30,32)(H2,29,31,33)/b25-18+. The average Bonchev–Trinajstić information content (AvgIpc) is 3.42. The number of benzene rings is 3. The van der Waals surface area contributed by atoms with Gasteiger partial charge in [0.15, 0.2) is 0 Å². The Labute approximate surface area is 203 Å². The van der Waals surface area contributed by atoms with Crippen LogP contribution in [0.1, 0.15) is 16.9 Å². The van der Waals surface area contributed by atoms with E-state index >= 15 is 0 Å². The molecule has 0 saturated carbocycles. The van der Waals surface area contributed by atoms with Crippen LogP contribution < -0.4 is 20.7 Å². The number of rotatable bonds is 8. The van der Waals surface area contributed by atoms with Crippen molar-refractivity contribution in [3.05, 3.63) is 114 Å². The number of para-hydroxylation sites is 1. The first-order valence-corrected chi connectivity index (χ1v) is 11.0. The van der Waals surface area contributed by atoms with E-state index in [1.54, 1.807) is 49.8 Å². The predicted octanol–water partition coefficient (Wildman–Crippen LogP) is 5.79. The van der Waals surface area contributed by atoms with E-state index in [1.807, 2.05) is 60.7 Å². The number of anilines is 2. The molecule has 0 spiro atoms. The third-order valence-corrected chi connectivity index (χ3v) is 5.17. The lowest BCUT2D eigenvalue weighted by Gasteiger charge is -2.12. The molecular formula is C28H25N3O4. The molecule has 3 N–H and O–H groups in total. The van der Waals surface area contributed by atoms with Gasteiger partial charge in [0.2, 0.25) is 0 Å². The summed E-state index contributed by atoms with van der Waals surface area (Å²) in [5, 5.41) is 8.40. The van der Waals surface area contributed by atoms with E-state index in [9.17, 15) is 9.59 Å². The highest BCUT2D eigenvalue weighted by atomic mass is 16.5. The zero-order chi connectivity index (χ0) is 24.5. The van der Waals surface area contributed by atoms with Crippen LogP contribution in [0.4, 0.5) is 16.2 Å². The second kappa shape index (κ2) is 11.4. The lowest BCUT2D eigenvalue weighted by molar-refractivity contribution is -0.111. The van der Waals surface area contributed by atoms with Crippen molar-refractivity contribution in [1.29, 1.82) is 0 Å². The smallest absolute Gasteiger partial charge is 0.319 e. The predicted molar refractivity (Wildman–Crippen MR) is 137 cm³/mol. The first kappa shape index (κ1) is 23.4. The summed E-state index contributed by atoms with van der Waals surface area (Å²) in [5.74, 6) is 1.07. The highest BCUT2D eigenvalue weighted by Gasteiger charge is 2.14. The number of urea groups is 1. The maximum absolute atomic E-state index is 13.3. The molecule has 0 aliphatic heterocycles. The molecule has 0 aliphatic rings.